The number of thiophene rings is 1. The van der Waals surface area contributed by atoms with Crippen LogP contribution in [-0.2, 0) is 12.2 Å². The van der Waals surface area contributed by atoms with E-state index in [9.17, 15) is 4.79 Å². The monoisotopic (exact) mass is 254 g/mol. The SMILES string of the molecule is NC1CC1NC(=O)c1cc2c(s1)CCSC2. The molecule has 16 heavy (non-hydrogen) atoms. The highest BCUT2D eigenvalue weighted by Gasteiger charge is 2.35. The minimum absolute atomic E-state index is 0.0577. The Bertz CT molecular complexity index is 406. The first-order valence-corrected chi connectivity index (χ1v) is 7.47. The summed E-state index contributed by atoms with van der Waals surface area (Å²) in [5, 5.41) is 2.97. The minimum Gasteiger partial charge on any atom is -0.347 e. The van der Waals surface area contributed by atoms with Gasteiger partial charge in [0.15, 0.2) is 0 Å². The van der Waals surface area contributed by atoms with Gasteiger partial charge in [-0.3, -0.25) is 4.79 Å². The van der Waals surface area contributed by atoms with Crippen molar-refractivity contribution in [2.24, 2.45) is 5.73 Å². The van der Waals surface area contributed by atoms with E-state index in [0.29, 0.717) is 0 Å². The summed E-state index contributed by atoms with van der Waals surface area (Å²) in [6, 6.07) is 2.44. The smallest absolute Gasteiger partial charge is 0.261 e. The Balaban J connectivity index is 1.73. The van der Waals surface area contributed by atoms with Gasteiger partial charge in [0, 0.05) is 22.7 Å². The molecule has 1 aromatic heterocycles. The van der Waals surface area contributed by atoms with E-state index in [1.165, 1.54) is 16.2 Å². The van der Waals surface area contributed by atoms with Crippen LogP contribution in [0, 0.1) is 0 Å². The van der Waals surface area contributed by atoms with Crippen LogP contribution in [0.2, 0.25) is 0 Å². The van der Waals surface area contributed by atoms with E-state index in [1.807, 2.05) is 11.8 Å². The van der Waals surface area contributed by atoms with Crippen molar-refractivity contribution in [3.05, 3.63) is 21.4 Å². The van der Waals surface area contributed by atoms with Crippen LogP contribution in [0.3, 0.4) is 0 Å². The van der Waals surface area contributed by atoms with Crippen molar-refractivity contribution in [1.29, 1.82) is 0 Å². The molecule has 5 heteroatoms. The van der Waals surface area contributed by atoms with Crippen LogP contribution in [-0.4, -0.2) is 23.7 Å². The predicted octanol–water partition coefficient (Wildman–Crippen LogP) is 1.37. The molecule has 0 spiro atoms. The maximum Gasteiger partial charge on any atom is 0.261 e. The van der Waals surface area contributed by atoms with E-state index < -0.39 is 0 Å². The molecule has 1 aliphatic heterocycles. The van der Waals surface area contributed by atoms with Gasteiger partial charge in [0.05, 0.1) is 4.88 Å². The molecule has 3 rings (SSSR count). The topological polar surface area (TPSA) is 55.1 Å². The molecular formula is C11H14N2OS2. The largest absolute Gasteiger partial charge is 0.347 e. The minimum atomic E-state index is 0.0577. The van der Waals surface area contributed by atoms with Gasteiger partial charge in [-0.1, -0.05) is 0 Å². The van der Waals surface area contributed by atoms with Gasteiger partial charge in [0.1, 0.15) is 0 Å². The van der Waals surface area contributed by atoms with Gasteiger partial charge in [0.2, 0.25) is 0 Å². The van der Waals surface area contributed by atoms with Crippen molar-refractivity contribution in [3.8, 4) is 0 Å². The molecule has 2 atom stereocenters. The van der Waals surface area contributed by atoms with E-state index in [1.54, 1.807) is 11.3 Å². The van der Waals surface area contributed by atoms with Crippen LogP contribution in [0.25, 0.3) is 0 Å². The standard InChI is InChI=1S/C11H14N2OS2/c12-7-4-8(7)13-11(14)10-3-6-5-15-2-1-9(6)16-10/h3,7-8H,1-2,4-5,12H2,(H,13,14). The lowest BCUT2D eigenvalue weighted by Crippen LogP contribution is -2.28. The lowest BCUT2D eigenvalue weighted by atomic mass is 10.2. The maximum absolute atomic E-state index is 11.9. The van der Waals surface area contributed by atoms with E-state index in [4.69, 9.17) is 5.73 Å². The van der Waals surface area contributed by atoms with Crippen LogP contribution < -0.4 is 11.1 Å². The molecule has 1 aliphatic carbocycles. The number of fused-ring (bicyclic) bond motifs is 1. The van der Waals surface area contributed by atoms with Crippen molar-refractivity contribution < 1.29 is 4.79 Å². The fraction of sp³-hybridized carbons (Fsp3) is 0.545. The van der Waals surface area contributed by atoms with Crippen LogP contribution >= 0.6 is 23.1 Å². The number of rotatable bonds is 2. The second-order valence-corrected chi connectivity index (χ2v) is 6.58. The van der Waals surface area contributed by atoms with E-state index >= 15 is 0 Å². The number of carbonyl (C=O) groups excluding carboxylic acids is 1. The number of aryl methyl sites for hydroxylation is 1. The van der Waals surface area contributed by atoms with Gasteiger partial charge >= 0.3 is 0 Å². The summed E-state index contributed by atoms with van der Waals surface area (Å²) in [4.78, 5) is 14.1. The highest BCUT2D eigenvalue weighted by Crippen LogP contribution is 2.32. The highest BCUT2D eigenvalue weighted by atomic mass is 32.2. The molecule has 1 fully saturated rings. The zero-order valence-electron chi connectivity index (χ0n) is 8.86. The molecule has 0 saturated heterocycles. The molecule has 1 saturated carbocycles. The summed E-state index contributed by atoms with van der Waals surface area (Å²) in [7, 11) is 0. The van der Waals surface area contributed by atoms with Crippen LogP contribution in [0.5, 0.6) is 0 Å². The van der Waals surface area contributed by atoms with Gasteiger partial charge in [0.25, 0.3) is 5.91 Å². The molecule has 1 aromatic rings. The fourth-order valence-electron chi connectivity index (χ4n) is 1.88. The number of thioether (sulfide) groups is 1. The molecule has 3 N–H and O–H groups in total. The average molecular weight is 254 g/mol. The molecule has 2 unspecified atom stereocenters. The molecule has 2 aliphatic rings. The zero-order valence-corrected chi connectivity index (χ0v) is 10.5. The van der Waals surface area contributed by atoms with Gasteiger partial charge in [-0.15, -0.1) is 11.3 Å². The van der Waals surface area contributed by atoms with Crippen molar-refractivity contribution in [2.45, 2.75) is 30.7 Å². The Hall–Kier alpha value is -0.520. The molecule has 1 amide bonds. The summed E-state index contributed by atoms with van der Waals surface area (Å²) in [5.41, 5.74) is 7.03. The fourth-order valence-corrected chi connectivity index (χ4v) is 4.15. The molecule has 0 radical (unpaired) electrons. The van der Waals surface area contributed by atoms with Crippen molar-refractivity contribution >= 4 is 29.0 Å². The summed E-state index contributed by atoms with van der Waals surface area (Å²) in [6.45, 7) is 0. The number of nitrogens with two attached hydrogens (primary N) is 1. The normalized spacial score (nSPS) is 27.3. The van der Waals surface area contributed by atoms with E-state index in [0.717, 1.165) is 23.5 Å². The van der Waals surface area contributed by atoms with Gasteiger partial charge < -0.3 is 11.1 Å². The van der Waals surface area contributed by atoms with Crippen molar-refractivity contribution in [3.63, 3.8) is 0 Å². The highest BCUT2D eigenvalue weighted by molar-refractivity contribution is 7.98. The number of nitrogens with one attached hydrogen (secondary N) is 1. The van der Waals surface area contributed by atoms with Crippen LogP contribution in [0.15, 0.2) is 6.07 Å². The van der Waals surface area contributed by atoms with Gasteiger partial charge in [-0.05, 0) is 30.2 Å². The first-order valence-electron chi connectivity index (χ1n) is 5.50. The molecule has 2 heterocycles. The first kappa shape index (κ1) is 10.6. The summed E-state index contributed by atoms with van der Waals surface area (Å²) < 4.78 is 0. The molecule has 0 bridgehead atoms. The Kier molecular flexibility index (Phi) is 2.69. The third kappa shape index (κ3) is 1.99. The zero-order chi connectivity index (χ0) is 11.1. The second kappa shape index (κ2) is 4.05. The number of hydrogen-bond donors (Lipinski definition) is 2. The number of amides is 1. The third-order valence-corrected chi connectivity index (χ3v) is 5.25. The van der Waals surface area contributed by atoms with E-state index in [-0.39, 0.29) is 18.0 Å². The quantitative estimate of drug-likeness (QED) is 0.838. The number of hydrogen-bond acceptors (Lipinski definition) is 4. The first-order chi connectivity index (χ1) is 7.74. The average Bonchev–Trinajstić information content (AvgIpc) is 2.82. The lowest BCUT2D eigenvalue weighted by molar-refractivity contribution is 0.0954. The molecule has 3 nitrogen and oxygen atoms in total. The van der Waals surface area contributed by atoms with E-state index in [2.05, 4.69) is 11.4 Å². The van der Waals surface area contributed by atoms with Crippen molar-refractivity contribution in [2.75, 3.05) is 5.75 Å². The van der Waals surface area contributed by atoms with Crippen molar-refractivity contribution in [1.82, 2.24) is 5.32 Å². The van der Waals surface area contributed by atoms with Gasteiger partial charge in [-0.25, -0.2) is 0 Å². The summed E-state index contributed by atoms with van der Waals surface area (Å²) in [6.07, 6.45) is 2.04. The Labute approximate surface area is 103 Å². The lowest BCUT2D eigenvalue weighted by Gasteiger charge is -2.08. The number of carbonyl (C=O) groups is 1. The summed E-state index contributed by atoms with van der Waals surface area (Å²) in [5.74, 6) is 2.30. The van der Waals surface area contributed by atoms with Crippen LogP contribution in [0.1, 0.15) is 26.5 Å². The third-order valence-electron chi connectivity index (χ3n) is 3.01. The van der Waals surface area contributed by atoms with Crippen LogP contribution in [0.4, 0.5) is 0 Å². The van der Waals surface area contributed by atoms with Gasteiger partial charge in [-0.2, -0.15) is 11.8 Å². The molecule has 86 valence electrons. The Morgan fingerprint density at radius 1 is 1.56 bits per heavy atom. The molecular weight excluding hydrogens is 240 g/mol. The Morgan fingerprint density at radius 3 is 3.06 bits per heavy atom. The predicted molar refractivity (Wildman–Crippen MR) is 68.0 cm³/mol. The summed E-state index contributed by atoms with van der Waals surface area (Å²) >= 11 is 3.59. The molecule has 0 aromatic carbocycles. The maximum atomic E-state index is 11.9. The Morgan fingerprint density at radius 2 is 2.38 bits per heavy atom. The second-order valence-electron chi connectivity index (χ2n) is 4.34.